The van der Waals surface area contributed by atoms with Gasteiger partial charge in [-0.2, -0.15) is 0 Å². The number of carbonyl (C=O) groups is 2. The summed E-state index contributed by atoms with van der Waals surface area (Å²) in [5.41, 5.74) is 0.384. The van der Waals surface area contributed by atoms with E-state index in [2.05, 4.69) is 5.32 Å². The molecule has 1 heterocycles. The van der Waals surface area contributed by atoms with Crippen molar-refractivity contribution >= 4 is 17.6 Å². The molecule has 112 valence electrons. The van der Waals surface area contributed by atoms with Crippen molar-refractivity contribution in [1.82, 2.24) is 4.90 Å². The summed E-state index contributed by atoms with van der Waals surface area (Å²) < 4.78 is 13.1. The van der Waals surface area contributed by atoms with E-state index in [1.54, 1.807) is 12.1 Å². The summed E-state index contributed by atoms with van der Waals surface area (Å²) in [6.45, 7) is 1.40. The third kappa shape index (κ3) is 2.90. The Labute approximate surface area is 121 Å². The molecule has 2 aliphatic rings. The Morgan fingerprint density at radius 3 is 3.00 bits per heavy atom. The summed E-state index contributed by atoms with van der Waals surface area (Å²) in [6.07, 6.45) is 1.63. The number of aliphatic carboxylic acids is 1. The molecular formula is C15H17FN2O3. The van der Waals surface area contributed by atoms with E-state index in [-0.39, 0.29) is 29.6 Å². The Morgan fingerprint density at radius 1 is 1.48 bits per heavy atom. The van der Waals surface area contributed by atoms with Crippen LogP contribution in [0.1, 0.15) is 12.8 Å². The summed E-state index contributed by atoms with van der Waals surface area (Å²) in [4.78, 5) is 24.8. The standard InChI is InChI=1S/C15H17FN2O3/c16-10-2-1-3-11(6-10)17-14(21)12-7-15(12)4-5-18(9-15)8-13(19)20/h1-3,6,12H,4-5,7-9H2,(H,17,21)(H,19,20)/t12-,15+/m1/s1. The van der Waals surface area contributed by atoms with Gasteiger partial charge < -0.3 is 10.4 Å². The fourth-order valence-corrected chi connectivity index (χ4v) is 3.28. The largest absolute Gasteiger partial charge is 0.480 e. The van der Waals surface area contributed by atoms with E-state index in [1.807, 2.05) is 4.90 Å². The number of anilines is 1. The Bertz CT molecular complexity index is 592. The second-order valence-electron chi connectivity index (χ2n) is 5.97. The van der Waals surface area contributed by atoms with Gasteiger partial charge in [-0.1, -0.05) is 6.07 Å². The first kappa shape index (κ1) is 14.0. The number of hydrogen-bond acceptors (Lipinski definition) is 3. The molecule has 21 heavy (non-hydrogen) atoms. The molecule has 1 amide bonds. The first-order valence-corrected chi connectivity index (χ1v) is 6.99. The van der Waals surface area contributed by atoms with E-state index in [9.17, 15) is 14.0 Å². The lowest BCUT2D eigenvalue weighted by atomic mass is 10.0. The maximum absolute atomic E-state index is 13.1. The molecule has 0 aromatic heterocycles. The molecule has 1 spiro atoms. The molecule has 3 rings (SSSR count). The van der Waals surface area contributed by atoms with Gasteiger partial charge >= 0.3 is 5.97 Å². The molecule has 2 fully saturated rings. The van der Waals surface area contributed by atoms with Gasteiger partial charge in [0.2, 0.25) is 5.91 Å². The molecule has 1 aliphatic heterocycles. The quantitative estimate of drug-likeness (QED) is 0.883. The highest BCUT2D eigenvalue weighted by molar-refractivity contribution is 5.95. The number of rotatable bonds is 4. The fourth-order valence-electron chi connectivity index (χ4n) is 3.28. The van der Waals surface area contributed by atoms with Crippen molar-refractivity contribution in [3.05, 3.63) is 30.1 Å². The highest BCUT2D eigenvalue weighted by atomic mass is 19.1. The van der Waals surface area contributed by atoms with Crippen LogP contribution < -0.4 is 5.32 Å². The molecule has 0 unspecified atom stereocenters. The van der Waals surface area contributed by atoms with E-state index >= 15 is 0 Å². The third-order valence-electron chi connectivity index (χ3n) is 4.42. The number of likely N-dealkylation sites (tertiary alicyclic amines) is 1. The summed E-state index contributed by atoms with van der Waals surface area (Å²) in [5.74, 6) is -1.42. The predicted molar refractivity (Wildman–Crippen MR) is 74.3 cm³/mol. The number of carboxylic acids is 1. The summed E-state index contributed by atoms with van der Waals surface area (Å²) >= 11 is 0. The summed E-state index contributed by atoms with van der Waals surface area (Å²) in [7, 11) is 0. The molecule has 1 aromatic carbocycles. The van der Waals surface area contributed by atoms with Gasteiger partial charge in [0.25, 0.3) is 0 Å². The molecule has 0 radical (unpaired) electrons. The minimum atomic E-state index is -0.839. The lowest BCUT2D eigenvalue weighted by Gasteiger charge is -2.13. The van der Waals surface area contributed by atoms with Crippen molar-refractivity contribution in [3.8, 4) is 0 Å². The van der Waals surface area contributed by atoms with Gasteiger partial charge in [-0.25, -0.2) is 4.39 Å². The smallest absolute Gasteiger partial charge is 0.317 e. The van der Waals surface area contributed by atoms with Crippen molar-refractivity contribution in [2.24, 2.45) is 11.3 Å². The lowest BCUT2D eigenvalue weighted by molar-refractivity contribution is -0.138. The van der Waals surface area contributed by atoms with Crippen molar-refractivity contribution in [2.75, 3.05) is 25.0 Å². The van der Waals surface area contributed by atoms with E-state index < -0.39 is 5.97 Å². The predicted octanol–water partition coefficient (Wildman–Crippen LogP) is 1.56. The second-order valence-corrected chi connectivity index (χ2v) is 5.97. The lowest BCUT2D eigenvalue weighted by Crippen LogP contribution is -2.28. The van der Waals surface area contributed by atoms with E-state index in [0.717, 1.165) is 19.4 Å². The molecule has 1 aliphatic carbocycles. The van der Waals surface area contributed by atoms with Crippen LogP contribution in [-0.2, 0) is 9.59 Å². The average Bonchev–Trinajstić information content (AvgIpc) is 2.95. The van der Waals surface area contributed by atoms with Crippen molar-refractivity contribution in [2.45, 2.75) is 12.8 Å². The monoisotopic (exact) mass is 292 g/mol. The van der Waals surface area contributed by atoms with E-state index in [0.29, 0.717) is 12.2 Å². The van der Waals surface area contributed by atoms with Gasteiger partial charge in [-0.05, 0) is 43.0 Å². The van der Waals surface area contributed by atoms with Crippen LogP contribution in [0.5, 0.6) is 0 Å². The zero-order valence-corrected chi connectivity index (χ0v) is 11.5. The number of benzene rings is 1. The number of carbonyl (C=O) groups excluding carboxylic acids is 1. The van der Waals surface area contributed by atoms with E-state index in [1.165, 1.54) is 12.1 Å². The Balaban J connectivity index is 1.58. The van der Waals surface area contributed by atoms with Gasteiger partial charge in [0.15, 0.2) is 0 Å². The molecule has 2 N–H and O–H groups in total. The van der Waals surface area contributed by atoms with Gasteiger partial charge in [-0.15, -0.1) is 0 Å². The molecule has 1 saturated carbocycles. The maximum Gasteiger partial charge on any atom is 0.317 e. The first-order chi connectivity index (χ1) is 9.98. The fraction of sp³-hybridized carbons (Fsp3) is 0.467. The van der Waals surface area contributed by atoms with Crippen LogP contribution in [0.4, 0.5) is 10.1 Å². The molecular weight excluding hydrogens is 275 g/mol. The normalized spacial score (nSPS) is 27.8. The van der Waals surface area contributed by atoms with Gasteiger partial charge in [0, 0.05) is 18.2 Å². The van der Waals surface area contributed by atoms with Crippen molar-refractivity contribution in [1.29, 1.82) is 0 Å². The van der Waals surface area contributed by atoms with Crippen LogP contribution in [-0.4, -0.2) is 41.5 Å². The summed E-state index contributed by atoms with van der Waals surface area (Å²) in [5, 5.41) is 11.5. The van der Waals surface area contributed by atoms with Crippen LogP contribution >= 0.6 is 0 Å². The van der Waals surface area contributed by atoms with Crippen LogP contribution in [0.15, 0.2) is 24.3 Å². The topological polar surface area (TPSA) is 69.6 Å². The molecule has 1 aromatic rings. The van der Waals surface area contributed by atoms with Gasteiger partial charge in [0.1, 0.15) is 5.82 Å². The average molecular weight is 292 g/mol. The first-order valence-electron chi connectivity index (χ1n) is 6.99. The maximum atomic E-state index is 13.1. The van der Waals surface area contributed by atoms with Crippen LogP contribution in [0.25, 0.3) is 0 Å². The molecule has 0 bridgehead atoms. The third-order valence-corrected chi connectivity index (χ3v) is 4.42. The number of nitrogens with zero attached hydrogens (tertiary/aromatic N) is 1. The SMILES string of the molecule is O=C(O)CN1CC[C@]2(C[C@@H]2C(=O)Nc2cccc(F)c2)C1. The minimum absolute atomic E-state index is 0.0278. The molecule has 5 nitrogen and oxygen atoms in total. The van der Waals surface area contributed by atoms with E-state index in [4.69, 9.17) is 5.11 Å². The van der Waals surface area contributed by atoms with Crippen LogP contribution in [0.2, 0.25) is 0 Å². The number of nitrogens with one attached hydrogen (secondary N) is 1. The Hall–Kier alpha value is -1.95. The Kier molecular flexibility index (Phi) is 3.41. The van der Waals surface area contributed by atoms with Crippen LogP contribution in [0.3, 0.4) is 0 Å². The molecule has 1 saturated heterocycles. The minimum Gasteiger partial charge on any atom is -0.480 e. The zero-order chi connectivity index (χ0) is 15.0. The number of carboxylic acid groups (broad SMARTS) is 1. The molecule has 2 atom stereocenters. The highest BCUT2D eigenvalue weighted by Crippen LogP contribution is 2.58. The van der Waals surface area contributed by atoms with Gasteiger partial charge in [0.05, 0.1) is 6.54 Å². The zero-order valence-electron chi connectivity index (χ0n) is 11.5. The van der Waals surface area contributed by atoms with Crippen molar-refractivity contribution in [3.63, 3.8) is 0 Å². The van der Waals surface area contributed by atoms with Crippen LogP contribution in [0, 0.1) is 17.2 Å². The molecule has 6 heteroatoms. The Morgan fingerprint density at radius 2 is 2.29 bits per heavy atom. The second kappa shape index (κ2) is 5.11. The number of halogens is 1. The van der Waals surface area contributed by atoms with Gasteiger partial charge in [-0.3, -0.25) is 14.5 Å². The van der Waals surface area contributed by atoms with Crippen molar-refractivity contribution < 1.29 is 19.1 Å². The summed E-state index contributed by atoms with van der Waals surface area (Å²) in [6, 6.07) is 5.83. The highest BCUT2D eigenvalue weighted by Gasteiger charge is 2.60. The number of hydrogen-bond donors (Lipinski definition) is 2. The number of amides is 1.